The Morgan fingerprint density at radius 1 is 0.903 bits per heavy atom. The van der Waals surface area contributed by atoms with Crippen LogP contribution in [0.4, 0.5) is 5.82 Å². The molecule has 8 heteroatoms. The lowest BCUT2D eigenvalue weighted by Gasteiger charge is -2.35. The number of sulfonamides is 1. The molecule has 1 fully saturated rings. The fraction of sp³-hybridized carbons (Fsp3) is 0.304. The number of rotatable bonds is 3. The number of aryl methyl sites for hydroxylation is 3. The van der Waals surface area contributed by atoms with Crippen LogP contribution in [0.1, 0.15) is 16.8 Å². The lowest BCUT2D eigenvalue weighted by Crippen LogP contribution is -2.49. The van der Waals surface area contributed by atoms with Gasteiger partial charge in [-0.15, -0.1) is 0 Å². The van der Waals surface area contributed by atoms with E-state index in [4.69, 9.17) is 4.98 Å². The molecule has 31 heavy (non-hydrogen) atoms. The van der Waals surface area contributed by atoms with E-state index in [0.29, 0.717) is 31.1 Å². The number of nitrogens with zero attached hydrogens (tertiary/aromatic N) is 5. The first-order valence-electron chi connectivity index (χ1n) is 10.4. The molecule has 7 nitrogen and oxygen atoms in total. The monoisotopic (exact) mass is 435 g/mol. The molecule has 5 rings (SSSR count). The maximum absolute atomic E-state index is 13.2. The van der Waals surface area contributed by atoms with Crippen LogP contribution in [0.15, 0.2) is 53.4 Å². The summed E-state index contributed by atoms with van der Waals surface area (Å²) < 4.78 is 29.9. The first-order valence-corrected chi connectivity index (χ1v) is 11.9. The van der Waals surface area contributed by atoms with Gasteiger partial charge in [-0.05, 0) is 44.5 Å². The first kappa shape index (κ1) is 20.0. The molecule has 2 aromatic carbocycles. The van der Waals surface area contributed by atoms with Crippen LogP contribution in [0.5, 0.6) is 0 Å². The molecule has 0 unspecified atom stereocenters. The average molecular weight is 436 g/mol. The summed E-state index contributed by atoms with van der Waals surface area (Å²) in [5.74, 6) is 0.881. The van der Waals surface area contributed by atoms with Crippen molar-refractivity contribution in [2.45, 2.75) is 25.7 Å². The van der Waals surface area contributed by atoms with Crippen molar-refractivity contribution in [2.24, 2.45) is 0 Å². The molecule has 0 radical (unpaired) electrons. The van der Waals surface area contributed by atoms with E-state index in [1.165, 1.54) is 0 Å². The number of fused-ring (bicyclic) bond motifs is 3. The zero-order valence-corrected chi connectivity index (χ0v) is 18.7. The van der Waals surface area contributed by atoms with Gasteiger partial charge in [0.15, 0.2) is 5.65 Å². The molecule has 4 aromatic rings. The van der Waals surface area contributed by atoms with Crippen molar-refractivity contribution in [2.75, 3.05) is 31.1 Å². The van der Waals surface area contributed by atoms with Crippen LogP contribution in [0, 0.1) is 20.8 Å². The molecule has 0 saturated carbocycles. The van der Waals surface area contributed by atoms with Crippen molar-refractivity contribution in [3.63, 3.8) is 0 Å². The van der Waals surface area contributed by atoms with E-state index in [1.54, 1.807) is 10.4 Å². The van der Waals surface area contributed by atoms with Crippen LogP contribution in [-0.4, -0.2) is 53.5 Å². The van der Waals surface area contributed by atoms with Gasteiger partial charge in [-0.25, -0.2) is 17.9 Å². The minimum atomic E-state index is -3.52. The van der Waals surface area contributed by atoms with Crippen molar-refractivity contribution < 1.29 is 8.42 Å². The number of anilines is 1. The Labute approximate surface area is 182 Å². The summed E-state index contributed by atoms with van der Waals surface area (Å²) in [4.78, 5) is 7.45. The minimum Gasteiger partial charge on any atom is -0.353 e. The summed E-state index contributed by atoms with van der Waals surface area (Å²) in [5, 5.41) is 5.59. The quantitative estimate of drug-likeness (QED) is 0.494. The van der Waals surface area contributed by atoms with Gasteiger partial charge in [0.1, 0.15) is 5.82 Å². The Morgan fingerprint density at radius 3 is 2.39 bits per heavy atom. The zero-order chi connectivity index (χ0) is 21.8. The summed E-state index contributed by atoms with van der Waals surface area (Å²) in [6.45, 7) is 7.81. The molecule has 1 aliphatic rings. The Balaban J connectivity index is 1.46. The second kappa shape index (κ2) is 7.32. The van der Waals surface area contributed by atoms with Crippen LogP contribution in [0.25, 0.3) is 16.6 Å². The summed E-state index contributed by atoms with van der Waals surface area (Å²) >= 11 is 0. The highest BCUT2D eigenvalue weighted by molar-refractivity contribution is 7.89. The second-order valence-corrected chi connectivity index (χ2v) is 10.1. The third-order valence-corrected chi connectivity index (χ3v) is 7.95. The molecule has 0 atom stereocenters. The lowest BCUT2D eigenvalue weighted by atomic mass is 10.2. The number of hydrogen-bond donors (Lipinski definition) is 0. The molecule has 160 valence electrons. The highest BCUT2D eigenvalue weighted by Gasteiger charge is 2.30. The third kappa shape index (κ3) is 3.36. The topological polar surface area (TPSA) is 70.8 Å². The number of piperazine rings is 1. The van der Waals surface area contributed by atoms with Crippen LogP contribution >= 0.6 is 0 Å². The van der Waals surface area contributed by atoms with Gasteiger partial charge in [-0.1, -0.05) is 29.8 Å². The van der Waals surface area contributed by atoms with E-state index in [9.17, 15) is 8.42 Å². The molecule has 3 heterocycles. The minimum absolute atomic E-state index is 0.395. The van der Waals surface area contributed by atoms with Gasteiger partial charge in [-0.3, -0.25) is 0 Å². The van der Waals surface area contributed by atoms with Crippen molar-refractivity contribution in [3.05, 3.63) is 65.4 Å². The number of aromatic nitrogens is 3. The summed E-state index contributed by atoms with van der Waals surface area (Å²) in [6, 6.07) is 15.5. The van der Waals surface area contributed by atoms with Crippen molar-refractivity contribution >= 4 is 32.4 Å². The summed E-state index contributed by atoms with van der Waals surface area (Å²) in [6.07, 6.45) is 0. The van der Waals surface area contributed by atoms with Crippen LogP contribution in [0.3, 0.4) is 0 Å². The molecular formula is C23H25N5O2S. The zero-order valence-electron chi connectivity index (χ0n) is 17.9. The molecule has 0 spiro atoms. The highest BCUT2D eigenvalue weighted by atomic mass is 32.2. The van der Waals surface area contributed by atoms with Crippen molar-refractivity contribution in [1.82, 2.24) is 18.9 Å². The van der Waals surface area contributed by atoms with E-state index in [2.05, 4.69) is 10.00 Å². The molecule has 0 amide bonds. The van der Waals surface area contributed by atoms with Gasteiger partial charge < -0.3 is 4.90 Å². The number of para-hydroxylation sites is 1. The first-order chi connectivity index (χ1) is 14.8. The Morgan fingerprint density at radius 2 is 1.65 bits per heavy atom. The maximum Gasteiger partial charge on any atom is 0.243 e. The van der Waals surface area contributed by atoms with E-state index >= 15 is 0 Å². The molecule has 0 aliphatic carbocycles. The fourth-order valence-corrected chi connectivity index (χ4v) is 6.00. The normalized spacial score (nSPS) is 15.8. The van der Waals surface area contributed by atoms with E-state index in [-0.39, 0.29) is 0 Å². The van der Waals surface area contributed by atoms with Crippen molar-refractivity contribution in [3.8, 4) is 0 Å². The summed E-state index contributed by atoms with van der Waals surface area (Å²) in [5.41, 5.74) is 4.57. The van der Waals surface area contributed by atoms with Crippen LogP contribution in [-0.2, 0) is 10.0 Å². The lowest BCUT2D eigenvalue weighted by molar-refractivity contribution is 0.384. The van der Waals surface area contributed by atoms with E-state index in [0.717, 1.165) is 39.2 Å². The van der Waals surface area contributed by atoms with Crippen LogP contribution in [0.2, 0.25) is 0 Å². The Hall–Kier alpha value is -2.97. The van der Waals surface area contributed by atoms with Gasteiger partial charge in [-0.2, -0.15) is 9.40 Å². The molecule has 2 aromatic heterocycles. The van der Waals surface area contributed by atoms with E-state index < -0.39 is 10.0 Å². The average Bonchev–Trinajstić information content (AvgIpc) is 3.13. The molecule has 0 N–H and O–H groups in total. The number of hydrogen-bond acceptors (Lipinski definition) is 5. The third-order valence-electron chi connectivity index (χ3n) is 5.89. The predicted octanol–water partition coefficient (Wildman–Crippen LogP) is 3.32. The van der Waals surface area contributed by atoms with Gasteiger partial charge in [0.05, 0.1) is 16.1 Å². The standard InChI is InChI=1S/C23H25N5O2S/c1-16-8-9-21(17(2)14-16)31(29,30)27-12-10-26(11-13-27)23-19-6-4-5-7-20(19)28-22(24-23)15-18(3)25-28/h4-9,14-15H,10-13H2,1-3H3. The second-order valence-electron chi connectivity index (χ2n) is 8.17. The van der Waals surface area contributed by atoms with Gasteiger partial charge in [0.2, 0.25) is 10.0 Å². The predicted molar refractivity (Wildman–Crippen MR) is 122 cm³/mol. The largest absolute Gasteiger partial charge is 0.353 e. The van der Waals surface area contributed by atoms with Gasteiger partial charge in [0, 0.05) is 37.6 Å². The summed E-state index contributed by atoms with van der Waals surface area (Å²) in [7, 11) is -3.52. The maximum atomic E-state index is 13.2. The highest BCUT2D eigenvalue weighted by Crippen LogP contribution is 2.29. The molecule has 1 aliphatic heterocycles. The molecule has 0 bridgehead atoms. The van der Waals surface area contributed by atoms with E-state index in [1.807, 2.05) is 67.8 Å². The van der Waals surface area contributed by atoms with Gasteiger partial charge in [0.25, 0.3) is 0 Å². The molecular weight excluding hydrogens is 410 g/mol. The number of benzene rings is 2. The smallest absolute Gasteiger partial charge is 0.243 e. The van der Waals surface area contributed by atoms with Crippen molar-refractivity contribution in [1.29, 1.82) is 0 Å². The SMILES string of the molecule is Cc1ccc(S(=O)(=O)N2CCN(c3nc4cc(C)nn4c4ccccc34)CC2)c(C)c1. The van der Waals surface area contributed by atoms with Crippen LogP contribution < -0.4 is 4.90 Å². The fourth-order valence-electron chi connectivity index (χ4n) is 4.37. The molecule has 1 saturated heterocycles. The van der Waals surface area contributed by atoms with Gasteiger partial charge >= 0.3 is 0 Å². The Kier molecular flexibility index (Phi) is 4.71. The Bertz CT molecular complexity index is 1400.